The number of benzene rings is 1. The summed E-state index contributed by atoms with van der Waals surface area (Å²) in [5, 5.41) is 7.52. The van der Waals surface area contributed by atoms with Crippen LogP contribution < -0.4 is 5.32 Å². The summed E-state index contributed by atoms with van der Waals surface area (Å²) in [6.07, 6.45) is 3.84. The van der Waals surface area contributed by atoms with Gasteiger partial charge in [0, 0.05) is 37.0 Å². The van der Waals surface area contributed by atoms with Crippen molar-refractivity contribution < 1.29 is 4.79 Å². The lowest BCUT2D eigenvalue weighted by atomic mass is 10.1. The summed E-state index contributed by atoms with van der Waals surface area (Å²) in [5.74, 6) is 0.0658. The molecule has 7 nitrogen and oxygen atoms in total. The third kappa shape index (κ3) is 3.99. The van der Waals surface area contributed by atoms with Crippen molar-refractivity contribution in [2.24, 2.45) is 0 Å². The van der Waals surface area contributed by atoms with Crippen LogP contribution in [0.5, 0.6) is 0 Å². The first-order valence-corrected chi connectivity index (χ1v) is 10.0. The maximum atomic E-state index is 12.3. The lowest BCUT2D eigenvalue weighted by Crippen LogP contribution is -2.25. The minimum Gasteiger partial charge on any atom is -0.356 e. The summed E-state index contributed by atoms with van der Waals surface area (Å²) >= 11 is 0. The van der Waals surface area contributed by atoms with Crippen LogP contribution in [0.15, 0.2) is 36.7 Å². The Morgan fingerprint density at radius 3 is 2.86 bits per heavy atom. The normalized spacial score (nSPS) is 11.4. The molecule has 3 heterocycles. The number of amides is 1. The maximum Gasteiger partial charge on any atom is 0.220 e. The highest BCUT2D eigenvalue weighted by Gasteiger charge is 2.12. The van der Waals surface area contributed by atoms with Crippen LogP contribution >= 0.6 is 0 Å². The van der Waals surface area contributed by atoms with Crippen LogP contribution in [0.2, 0.25) is 0 Å². The average Bonchev–Trinajstić information content (AvgIpc) is 3.28. The van der Waals surface area contributed by atoms with E-state index < -0.39 is 0 Å². The van der Waals surface area contributed by atoms with E-state index in [1.54, 1.807) is 0 Å². The molecule has 0 fully saturated rings. The lowest BCUT2D eigenvalue weighted by Gasteiger charge is -2.11. The predicted octanol–water partition coefficient (Wildman–Crippen LogP) is 3.14. The summed E-state index contributed by atoms with van der Waals surface area (Å²) in [5.41, 5.74) is 7.05. The fourth-order valence-electron chi connectivity index (χ4n) is 3.80. The number of hydrogen-bond donors (Lipinski definition) is 1. The number of fused-ring (bicyclic) bond motifs is 2. The van der Waals surface area contributed by atoms with Crippen LogP contribution in [0.1, 0.15) is 35.5 Å². The Morgan fingerprint density at radius 2 is 2.00 bits per heavy atom. The van der Waals surface area contributed by atoms with Gasteiger partial charge in [-0.05, 0) is 51.3 Å². The van der Waals surface area contributed by atoms with E-state index in [0.717, 1.165) is 52.3 Å². The van der Waals surface area contributed by atoms with Gasteiger partial charge in [-0.15, -0.1) is 0 Å². The number of carbonyl (C=O) groups is 1. The van der Waals surface area contributed by atoms with Crippen molar-refractivity contribution in [1.29, 1.82) is 0 Å². The molecule has 0 unspecified atom stereocenters. The third-order valence-corrected chi connectivity index (χ3v) is 5.31. The molecule has 1 N–H and O–H groups in total. The lowest BCUT2D eigenvalue weighted by molar-refractivity contribution is -0.121. The Hall–Kier alpha value is -3.22. The van der Waals surface area contributed by atoms with Gasteiger partial charge in [0.1, 0.15) is 0 Å². The smallest absolute Gasteiger partial charge is 0.220 e. The summed E-state index contributed by atoms with van der Waals surface area (Å²) in [6.45, 7) is 7.48. The van der Waals surface area contributed by atoms with Crippen LogP contribution in [0, 0.1) is 20.8 Å². The molecular weight excluding hydrogens is 364 g/mol. The molecular formula is C22H26N6O. The van der Waals surface area contributed by atoms with E-state index in [1.807, 2.05) is 55.9 Å². The molecule has 0 spiro atoms. The zero-order chi connectivity index (χ0) is 20.4. The van der Waals surface area contributed by atoms with Crippen molar-refractivity contribution in [3.05, 3.63) is 59.3 Å². The largest absolute Gasteiger partial charge is 0.356 e. The molecule has 0 bridgehead atoms. The van der Waals surface area contributed by atoms with E-state index in [0.29, 0.717) is 19.4 Å². The second-order valence-electron chi connectivity index (χ2n) is 7.45. The summed E-state index contributed by atoms with van der Waals surface area (Å²) in [6, 6.07) is 10.1. The Balaban J connectivity index is 1.29. The number of nitrogens with one attached hydrogen (secondary N) is 1. The molecule has 4 rings (SSSR count). The molecule has 150 valence electrons. The number of aryl methyl sites for hydroxylation is 4. The fraction of sp³-hybridized carbons (Fsp3) is 0.364. The topological polar surface area (TPSA) is 77.1 Å². The number of imidazole rings is 1. The molecule has 0 radical (unpaired) electrons. The number of nitrogens with zero attached hydrogens (tertiary/aromatic N) is 5. The predicted molar refractivity (Wildman–Crippen MR) is 113 cm³/mol. The second kappa shape index (κ2) is 8.03. The van der Waals surface area contributed by atoms with E-state index in [1.165, 1.54) is 0 Å². The van der Waals surface area contributed by atoms with Crippen LogP contribution in [-0.4, -0.2) is 36.6 Å². The van der Waals surface area contributed by atoms with Gasteiger partial charge in [0.2, 0.25) is 5.91 Å². The first kappa shape index (κ1) is 19.1. The first-order valence-electron chi connectivity index (χ1n) is 10.0. The van der Waals surface area contributed by atoms with Crippen molar-refractivity contribution in [2.45, 2.75) is 46.6 Å². The zero-order valence-electron chi connectivity index (χ0n) is 17.1. The van der Waals surface area contributed by atoms with Crippen LogP contribution in [-0.2, 0) is 17.8 Å². The standard InChI is InChI=1S/C22H26N6O/c1-15-13-21-25-16(2)18(17(3)28(21)26-15)9-10-22(29)23-11-6-12-27-14-24-19-7-4-5-8-20(19)27/h4-5,7-8,13-14H,6,9-12H2,1-3H3,(H,23,29). The van der Waals surface area contributed by atoms with Gasteiger partial charge in [-0.2, -0.15) is 5.10 Å². The van der Waals surface area contributed by atoms with Gasteiger partial charge >= 0.3 is 0 Å². The molecule has 0 saturated heterocycles. The van der Waals surface area contributed by atoms with E-state index in [-0.39, 0.29) is 5.91 Å². The average molecular weight is 390 g/mol. The Kier molecular flexibility index (Phi) is 5.29. The number of para-hydroxylation sites is 2. The quantitative estimate of drug-likeness (QED) is 0.492. The second-order valence-corrected chi connectivity index (χ2v) is 7.45. The van der Waals surface area contributed by atoms with Crippen molar-refractivity contribution >= 4 is 22.6 Å². The Labute approximate surface area is 169 Å². The molecule has 3 aromatic heterocycles. The monoisotopic (exact) mass is 390 g/mol. The Morgan fingerprint density at radius 1 is 1.17 bits per heavy atom. The molecule has 0 aliphatic carbocycles. The fourth-order valence-corrected chi connectivity index (χ4v) is 3.80. The highest BCUT2D eigenvalue weighted by atomic mass is 16.1. The maximum absolute atomic E-state index is 12.3. The SMILES string of the molecule is Cc1cc2nc(C)c(CCC(=O)NCCCn3cnc4ccccc43)c(C)n2n1. The van der Waals surface area contributed by atoms with Crippen molar-refractivity contribution in [1.82, 2.24) is 29.5 Å². The van der Waals surface area contributed by atoms with Gasteiger partial charge in [0.05, 0.1) is 23.1 Å². The van der Waals surface area contributed by atoms with Crippen molar-refractivity contribution in [3.8, 4) is 0 Å². The zero-order valence-corrected chi connectivity index (χ0v) is 17.1. The number of rotatable bonds is 7. The van der Waals surface area contributed by atoms with Crippen molar-refractivity contribution in [3.63, 3.8) is 0 Å². The van der Waals surface area contributed by atoms with Gasteiger partial charge in [-0.25, -0.2) is 14.5 Å². The molecule has 0 aliphatic heterocycles. The molecule has 1 aromatic carbocycles. The highest BCUT2D eigenvalue weighted by molar-refractivity contribution is 5.76. The van der Waals surface area contributed by atoms with Crippen LogP contribution in [0.25, 0.3) is 16.7 Å². The number of aromatic nitrogens is 5. The molecule has 4 aromatic rings. The molecule has 1 amide bonds. The molecule has 29 heavy (non-hydrogen) atoms. The highest BCUT2D eigenvalue weighted by Crippen LogP contribution is 2.17. The van der Waals surface area contributed by atoms with Gasteiger partial charge in [0.15, 0.2) is 5.65 Å². The summed E-state index contributed by atoms with van der Waals surface area (Å²) in [7, 11) is 0. The number of carbonyl (C=O) groups excluding carboxylic acids is 1. The molecule has 0 saturated carbocycles. The number of hydrogen-bond acceptors (Lipinski definition) is 4. The minimum atomic E-state index is 0.0658. The van der Waals surface area contributed by atoms with Gasteiger partial charge in [0.25, 0.3) is 0 Å². The first-order chi connectivity index (χ1) is 14.0. The van der Waals surface area contributed by atoms with Crippen LogP contribution in [0.4, 0.5) is 0 Å². The van der Waals surface area contributed by atoms with Gasteiger partial charge < -0.3 is 9.88 Å². The van der Waals surface area contributed by atoms with E-state index in [2.05, 4.69) is 31.0 Å². The van der Waals surface area contributed by atoms with Crippen LogP contribution in [0.3, 0.4) is 0 Å². The Bertz CT molecular complexity index is 1170. The molecule has 0 atom stereocenters. The van der Waals surface area contributed by atoms with E-state index >= 15 is 0 Å². The summed E-state index contributed by atoms with van der Waals surface area (Å²) in [4.78, 5) is 21.3. The van der Waals surface area contributed by atoms with E-state index in [9.17, 15) is 4.79 Å². The van der Waals surface area contributed by atoms with Gasteiger partial charge in [-0.1, -0.05) is 12.1 Å². The molecule has 0 aliphatic rings. The summed E-state index contributed by atoms with van der Waals surface area (Å²) < 4.78 is 3.99. The molecule has 7 heteroatoms. The minimum absolute atomic E-state index is 0.0658. The van der Waals surface area contributed by atoms with E-state index in [4.69, 9.17) is 0 Å². The van der Waals surface area contributed by atoms with Gasteiger partial charge in [-0.3, -0.25) is 4.79 Å². The van der Waals surface area contributed by atoms with Crippen molar-refractivity contribution in [2.75, 3.05) is 6.54 Å². The third-order valence-electron chi connectivity index (χ3n) is 5.31.